The molecular weight excluding hydrogens is 276 g/mol. The maximum Gasteiger partial charge on any atom is 0.137 e. The van der Waals surface area contributed by atoms with Crippen LogP contribution in [-0.2, 0) is 6.42 Å². The van der Waals surface area contributed by atoms with E-state index in [9.17, 15) is 8.78 Å². The summed E-state index contributed by atoms with van der Waals surface area (Å²) in [5.41, 5.74) is -0.291. The van der Waals surface area contributed by atoms with Gasteiger partial charge in [0.05, 0.1) is 4.47 Å². The van der Waals surface area contributed by atoms with Crippen molar-refractivity contribution in [1.82, 2.24) is 5.32 Å². The van der Waals surface area contributed by atoms with E-state index < -0.39 is 5.67 Å². The second kappa shape index (κ2) is 4.80. The molecule has 0 spiro atoms. The number of nitrogens with one attached hydrogen (secondary N) is 1. The second-order valence-corrected chi connectivity index (χ2v) is 5.18. The lowest BCUT2D eigenvalue weighted by Crippen LogP contribution is -2.40. The maximum absolute atomic E-state index is 14.3. The third-order valence-electron chi connectivity index (χ3n) is 3.00. The molecule has 1 nitrogen and oxygen atoms in total. The van der Waals surface area contributed by atoms with Gasteiger partial charge in [0.1, 0.15) is 11.5 Å². The Morgan fingerprint density at radius 2 is 2.00 bits per heavy atom. The van der Waals surface area contributed by atoms with Crippen LogP contribution >= 0.6 is 15.9 Å². The summed E-state index contributed by atoms with van der Waals surface area (Å²) in [4.78, 5) is 0. The van der Waals surface area contributed by atoms with Crippen LogP contribution in [0.3, 0.4) is 0 Å². The summed E-state index contributed by atoms with van der Waals surface area (Å²) in [5, 5.41) is 3.14. The topological polar surface area (TPSA) is 12.0 Å². The fourth-order valence-electron chi connectivity index (χ4n) is 2.07. The molecule has 0 bridgehead atoms. The zero-order chi connectivity index (χ0) is 11.6. The first-order valence-corrected chi connectivity index (χ1v) is 6.22. The molecule has 1 fully saturated rings. The molecule has 1 aromatic rings. The van der Waals surface area contributed by atoms with E-state index in [1.807, 2.05) is 0 Å². The van der Waals surface area contributed by atoms with Crippen molar-refractivity contribution in [2.75, 3.05) is 13.1 Å². The molecule has 2 rings (SSSR count). The Morgan fingerprint density at radius 1 is 1.31 bits per heavy atom. The molecule has 0 saturated carbocycles. The van der Waals surface area contributed by atoms with Crippen LogP contribution in [0.5, 0.6) is 0 Å². The quantitative estimate of drug-likeness (QED) is 0.882. The molecular formula is C12H14BrF2N. The van der Waals surface area contributed by atoms with E-state index >= 15 is 0 Å². The maximum atomic E-state index is 14.3. The van der Waals surface area contributed by atoms with Gasteiger partial charge in [-0.2, -0.15) is 0 Å². The van der Waals surface area contributed by atoms with Gasteiger partial charge in [-0.05, 0) is 59.6 Å². The molecule has 1 aliphatic heterocycles. The van der Waals surface area contributed by atoms with Crippen LogP contribution in [0.1, 0.15) is 18.4 Å². The minimum atomic E-state index is -1.14. The average Bonchev–Trinajstić information content (AvgIpc) is 2.24. The smallest absolute Gasteiger partial charge is 0.137 e. The van der Waals surface area contributed by atoms with Crippen molar-refractivity contribution in [3.63, 3.8) is 0 Å². The Kier molecular flexibility index (Phi) is 3.60. The summed E-state index contributed by atoms with van der Waals surface area (Å²) in [5.74, 6) is -0.304. The van der Waals surface area contributed by atoms with E-state index in [0.29, 0.717) is 23.7 Å². The monoisotopic (exact) mass is 289 g/mol. The minimum absolute atomic E-state index is 0.304. The molecule has 0 amide bonds. The number of rotatable bonds is 2. The average molecular weight is 290 g/mol. The first-order valence-electron chi connectivity index (χ1n) is 5.43. The third kappa shape index (κ3) is 2.80. The molecule has 1 aromatic carbocycles. The Labute approximate surface area is 102 Å². The normalized spacial score (nSPS) is 19.7. The summed E-state index contributed by atoms with van der Waals surface area (Å²) >= 11 is 3.12. The highest BCUT2D eigenvalue weighted by Gasteiger charge is 2.31. The molecule has 0 aromatic heterocycles. The second-order valence-electron chi connectivity index (χ2n) is 4.33. The molecule has 0 radical (unpaired) electrons. The lowest BCUT2D eigenvalue weighted by atomic mass is 9.88. The summed E-state index contributed by atoms with van der Waals surface area (Å²) in [7, 11) is 0. The van der Waals surface area contributed by atoms with E-state index in [4.69, 9.17) is 0 Å². The van der Waals surface area contributed by atoms with Crippen molar-refractivity contribution < 1.29 is 8.78 Å². The summed E-state index contributed by atoms with van der Waals surface area (Å²) in [6.07, 6.45) is 1.43. The predicted molar refractivity (Wildman–Crippen MR) is 63.7 cm³/mol. The van der Waals surface area contributed by atoms with Gasteiger partial charge in [0.15, 0.2) is 0 Å². The number of alkyl halides is 1. The summed E-state index contributed by atoms with van der Waals surface area (Å²) in [6, 6.07) is 4.70. The van der Waals surface area contributed by atoms with E-state index in [1.54, 1.807) is 12.1 Å². The van der Waals surface area contributed by atoms with Crippen molar-refractivity contribution in [3.05, 3.63) is 34.1 Å². The fraction of sp³-hybridized carbons (Fsp3) is 0.500. The Hall–Kier alpha value is -0.480. The molecule has 16 heavy (non-hydrogen) atoms. The van der Waals surface area contributed by atoms with E-state index in [1.165, 1.54) is 6.07 Å². The van der Waals surface area contributed by atoms with Gasteiger partial charge in [-0.1, -0.05) is 6.07 Å². The number of benzene rings is 1. The van der Waals surface area contributed by atoms with Gasteiger partial charge in [-0.25, -0.2) is 8.78 Å². The predicted octanol–water partition coefficient (Wildman–Crippen LogP) is 3.22. The van der Waals surface area contributed by atoms with Gasteiger partial charge in [-0.3, -0.25) is 0 Å². The highest BCUT2D eigenvalue weighted by molar-refractivity contribution is 9.10. The molecule has 0 unspecified atom stereocenters. The van der Waals surface area contributed by atoms with Gasteiger partial charge < -0.3 is 5.32 Å². The van der Waals surface area contributed by atoms with Crippen LogP contribution in [0, 0.1) is 5.82 Å². The van der Waals surface area contributed by atoms with Gasteiger partial charge in [0.2, 0.25) is 0 Å². The molecule has 1 aliphatic rings. The van der Waals surface area contributed by atoms with Crippen LogP contribution in [0.25, 0.3) is 0 Å². The summed E-state index contributed by atoms with van der Waals surface area (Å²) in [6.45, 7) is 1.44. The minimum Gasteiger partial charge on any atom is -0.316 e. The molecule has 1 saturated heterocycles. The highest BCUT2D eigenvalue weighted by Crippen LogP contribution is 2.29. The number of hydrogen-bond acceptors (Lipinski definition) is 1. The first-order chi connectivity index (χ1) is 7.59. The van der Waals surface area contributed by atoms with Crippen LogP contribution in [0.4, 0.5) is 8.78 Å². The number of halogens is 3. The van der Waals surface area contributed by atoms with Gasteiger partial charge in [0.25, 0.3) is 0 Å². The molecule has 4 heteroatoms. The van der Waals surface area contributed by atoms with Crippen molar-refractivity contribution >= 4 is 15.9 Å². The van der Waals surface area contributed by atoms with E-state index in [0.717, 1.165) is 18.7 Å². The van der Waals surface area contributed by atoms with Crippen LogP contribution in [-0.4, -0.2) is 18.8 Å². The van der Waals surface area contributed by atoms with Crippen molar-refractivity contribution in [1.29, 1.82) is 0 Å². The van der Waals surface area contributed by atoms with Gasteiger partial charge >= 0.3 is 0 Å². The molecule has 0 aliphatic carbocycles. The SMILES string of the molecule is Fc1ccc(CC2(F)CCNCC2)cc1Br. The zero-order valence-electron chi connectivity index (χ0n) is 8.90. The van der Waals surface area contributed by atoms with Crippen molar-refractivity contribution in [2.24, 2.45) is 0 Å². The number of piperidine rings is 1. The Balaban J connectivity index is 2.10. The van der Waals surface area contributed by atoms with E-state index in [2.05, 4.69) is 21.2 Å². The van der Waals surface area contributed by atoms with Gasteiger partial charge in [0, 0.05) is 6.42 Å². The standard InChI is InChI=1S/C12H14BrF2N/c13-10-7-9(1-2-11(10)14)8-12(15)3-5-16-6-4-12/h1-2,7,16H,3-6,8H2. The highest BCUT2D eigenvalue weighted by atomic mass is 79.9. The lowest BCUT2D eigenvalue weighted by Gasteiger charge is -2.30. The van der Waals surface area contributed by atoms with E-state index in [-0.39, 0.29) is 5.82 Å². The van der Waals surface area contributed by atoms with Crippen molar-refractivity contribution in [3.8, 4) is 0 Å². The van der Waals surface area contributed by atoms with Crippen molar-refractivity contribution in [2.45, 2.75) is 24.9 Å². The molecule has 1 heterocycles. The zero-order valence-corrected chi connectivity index (χ0v) is 10.5. The Bertz CT molecular complexity index is 375. The fourth-order valence-corrected chi connectivity index (χ4v) is 2.49. The Morgan fingerprint density at radius 3 is 2.62 bits per heavy atom. The van der Waals surface area contributed by atoms with Crippen LogP contribution in [0.15, 0.2) is 22.7 Å². The largest absolute Gasteiger partial charge is 0.316 e. The third-order valence-corrected chi connectivity index (χ3v) is 3.61. The van der Waals surface area contributed by atoms with Crippen LogP contribution in [0.2, 0.25) is 0 Å². The lowest BCUT2D eigenvalue weighted by molar-refractivity contribution is 0.116. The first kappa shape index (κ1) is 12.0. The molecule has 88 valence electrons. The van der Waals surface area contributed by atoms with Crippen LogP contribution < -0.4 is 5.32 Å². The number of hydrogen-bond donors (Lipinski definition) is 1. The van der Waals surface area contributed by atoms with Gasteiger partial charge in [-0.15, -0.1) is 0 Å². The molecule has 0 atom stereocenters. The molecule has 1 N–H and O–H groups in total. The summed E-state index contributed by atoms with van der Waals surface area (Å²) < 4.78 is 27.8.